The highest BCUT2D eigenvalue weighted by molar-refractivity contribution is 5.40. The number of hydrogen-bond acceptors (Lipinski definition) is 4. The molecular formula is C15H20N4. The second-order valence-corrected chi connectivity index (χ2v) is 4.65. The average Bonchev–Trinajstić information content (AvgIpc) is 2.45. The van der Waals surface area contributed by atoms with Gasteiger partial charge in [-0.25, -0.2) is 4.98 Å². The Kier molecular flexibility index (Phi) is 4.72. The zero-order valence-electron chi connectivity index (χ0n) is 11.5. The molecule has 0 aliphatic rings. The van der Waals surface area contributed by atoms with Crippen molar-refractivity contribution in [2.24, 2.45) is 0 Å². The molecule has 0 saturated heterocycles. The minimum atomic E-state index is 0.730. The van der Waals surface area contributed by atoms with Crippen molar-refractivity contribution in [3.05, 3.63) is 48.2 Å². The molecule has 0 fully saturated rings. The van der Waals surface area contributed by atoms with Crippen LogP contribution in [0, 0.1) is 0 Å². The van der Waals surface area contributed by atoms with E-state index in [0.29, 0.717) is 0 Å². The lowest BCUT2D eigenvalue weighted by molar-refractivity contribution is 0.856. The van der Waals surface area contributed by atoms with Crippen molar-refractivity contribution in [1.29, 1.82) is 0 Å². The molecule has 1 N–H and O–H groups in total. The van der Waals surface area contributed by atoms with Crippen molar-refractivity contribution < 1.29 is 0 Å². The van der Waals surface area contributed by atoms with Gasteiger partial charge in [0.2, 0.25) is 5.95 Å². The maximum Gasteiger partial charge on any atom is 0.226 e. The zero-order chi connectivity index (χ0) is 13.5. The van der Waals surface area contributed by atoms with Gasteiger partial charge in [0.25, 0.3) is 0 Å². The first kappa shape index (κ1) is 13.3. The zero-order valence-corrected chi connectivity index (χ0v) is 11.5. The third-order valence-electron chi connectivity index (χ3n) is 2.83. The third kappa shape index (κ3) is 4.25. The van der Waals surface area contributed by atoms with E-state index in [-0.39, 0.29) is 0 Å². The first-order valence-corrected chi connectivity index (χ1v) is 6.54. The van der Waals surface area contributed by atoms with Crippen LogP contribution >= 0.6 is 0 Å². The van der Waals surface area contributed by atoms with E-state index in [9.17, 15) is 0 Å². The highest BCUT2D eigenvalue weighted by atomic mass is 15.2. The van der Waals surface area contributed by atoms with E-state index in [2.05, 4.69) is 39.6 Å². The molecular weight excluding hydrogens is 236 g/mol. The quantitative estimate of drug-likeness (QED) is 0.807. The summed E-state index contributed by atoms with van der Waals surface area (Å²) in [5.74, 6) is 1.61. The number of benzene rings is 1. The van der Waals surface area contributed by atoms with Gasteiger partial charge in [-0.15, -0.1) is 0 Å². The topological polar surface area (TPSA) is 41.1 Å². The smallest absolute Gasteiger partial charge is 0.226 e. The van der Waals surface area contributed by atoms with E-state index < -0.39 is 0 Å². The number of rotatable bonds is 6. The van der Waals surface area contributed by atoms with Crippen LogP contribution in [0.25, 0.3) is 0 Å². The summed E-state index contributed by atoms with van der Waals surface area (Å²) in [6.45, 7) is 0.915. The Morgan fingerprint density at radius 1 is 1.11 bits per heavy atom. The van der Waals surface area contributed by atoms with Gasteiger partial charge in [0, 0.05) is 26.8 Å². The molecule has 0 bridgehead atoms. The summed E-state index contributed by atoms with van der Waals surface area (Å²) in [5.41, 5.74) is 1.38. The summed E-state index contributed by atoms with van der Waals surface area (Å²) in [6, 6.07) is 12.4. The van der Waals surface area contributed by atoms with Gasteiger partial charge in [-0.1, -0.05) is 30.3 Å². The van der Waals surface area contributed by atoms with Crippen LogP contribution in [0.15, 0.2) is 42.6 Å². The molecule has 0 aliphatic heterocycles. The third-order valence-corrected chi connectivity index (χ3v) is 2.83. The molecule has 1 heterocycles. The molecule has 0 saturated carbocycles. The summed E-state index contributed by atoms with van der Waals surface area (Å²) >= 11 is 0. The van der Waals surface area contributed by atoms with Gasteiger partial charge in [0.15, 0.2) is 0 Å². The first-order valence-electron chi connectivity index (χ1n) is 6.54. The molecule has 0 radical (unpaired) electrons. The van der Waals surface area contributed by atoms with Gasteiger partial charge < -0.3 is 10.2 Å². The fourth-order valence-corrected chi connectivity index (χ4v) is 1.82. The van der Waals surface area contributed by atoms with Gasteiger partial charge in [0.05, 0.1) is 0 Å². The highest BCUT2D eigenvalue weighted by Crippen LogP contribution is 2.08. The van der Waals surface area contributed by atoms with Crippen LogP contribution in [0.5, 0.6) is 0 Å². The number of aromatic nitrogens is 2. The van der Waals surface area contributed by atoms with Gasteiger partial charge in [-0.2, -0.15) is 4.98 Å². The van der Waals surface area contributed by atoms with E-state index in [1.54, 1.807) is 6.20 Å². The lowest BCUT2D eigenvalue weighted by atomic mass is 10.1. The van der Waals surface area contributed by atoms with Crippen molar-refractivity contribution >= 4 is 11.8 Å². The van der Waals surface area contributed by atoms with Crippen LogP contribution < -0.4 is 10.2 Å². The predicted octanol–water partition coefficient (Wildman–Crippen LogP) is 2.59. The highest BCUT2D eigenvalue weighted by Gasteiger charge is 2.00. The van der Waals surface area contributed by atoms with E-state index in [0.717, 1.165) is 31.2 Å². The molecule has 19 heavy (non-hydrogen) atoms. The first-order chi connectivity index (χ1) is 9.25. The maximum atomic E-state index is 4.42. The van der Waals surface area contributed by atoms with Crippen LogP contribution in [0.3, 0.4) is 0 Å². The predicted molar refractivity (Wildman–Crippen MR) is 79.6 cm³/mol. The minimum Gasteiger partial charge on any atom is -0.370 e. The molecule has 0 atom stereocenters. The molecule has 4 heteroatoms. The minimum absolute atomic E-state index is 0.730. The maximum absolute atomic E-state index is 4.42. The largest absolute Gasteiger partial charge is 0.370 e. The van der Waals surface area contributed by atoms with Crippen LogP contribution in [0.2, 0.25) is 0 Å². The standard InChI is InChI=1S/C15H20N4/c1-19(2)15-17-12-10-14(18-15)16-11-6-9-13-7-4-3-5-8-13/h3-5,7-8,10,12H,6,9,11H2,1-2H3,(H,16,17,18). The molecule has 0 amide bonds. The van der Waals surface area contributed by atoms with E-state index >= 15 is 0 Å². The van der Waals surface area contributed by atoms with Gasteiger partial charge in [0.1, 0.15) is 5.82 Å². The Morgan fingerprint density at radius 2 is 1.89 bits per heavy atom. The van der Waals surface area contributed by atoms with E-state index in [4.69, 9.17) is 0 Å². The molecule has 2 aromatic rings. The molecule has 100 valence electrons. The fourth-order valence-electron chi connectivity index (χ4n) is 1.82. The molecule has 1 aromatic carbocycles. The summed E-state index contributed by atoms with van der Waals surface area (Å²) in [6.07, 6.45) is 3.95. The SMILES string of the molecule is CN(C)c1nccc(NCCCc2ccccc2)n1. The molecule has 2 rings (SSSR count). The van der Waals surface area contributed by atoms with Crippen LogP contribution in [-0.2, 0) is 6.42 Å². The number of nitrogens with one attached hydrogen (secondary N) is 1. The van der Waals surface area contributed by atoms with Crippen molar-refractivity contribution in [2.75, 3.05) is 30.9 Å². The molecule has 0 aliphatic carbocycles. The lowest BCUT2D eigenvalue weighted by Gasteiger charge is -2.11. The molecule has 4 nitrogen and oxygen atoms in total. The molecule has 0 unspecified atom stereocenters. The van der Waals surface area contributed by atoms with Crippen LogP contribution in [0.1, 0.15) is 12.0 Å². The van der Waals surface area contributed by atoms with Gasteiger partial charge in [-0.05, 0) is 24.5 Å². The molecule has 1 aromatic heterocycles. The van der Waals surface area contributed by atoms with Crippen molar-refractivity contribution in [1.82, 2.24) is 9.97 Å². The number of aryl methyl sites for hydroxylation is 1. The second kappa shape index (κ2) is 6.73. The van der Waals surface area contributed by atoms with Gasteiger partial charge >= 0.3 is 0 Å². The number of nitrogens with zero attached hydrogens (tertiary/aromatic N) is 3. The second-order valence-electron chi connectivity index (χ2n) is 4.65. The van der Waals surface area contributed by atoms with Crippen molar-refractivity contribution in [3.63, 3.8) is 0 Å². The monoisotopic (exact) mass is 256 g/mol. The summed E-state index contributed by atoms with van der Waals surface area (Å²) < 4.78 is 0. The number of anilines is 2. The van der Waals surface area contributed by atoms with Crippen LogP contribution in [0.4, 0.5) is 11.8 Å². The lowest BCUT2D eigenvalue weighted by Crippen LogP contribution is -2.14. The summed E-state index contributed by atoms with van der Waals surface area (Å²) in [7, 11) is 3.88. The van der Waals surface area contributed by atoms with Crippen LogP contribution in [-0.4, -0.2) is 30.6 Å². The Bertz CT molecular complexity index is 497. The van der Waals surface area contributed by atoms with Crippen molar-refractivity contribution in [2.45, 2.75) is 12.8 Å². The van der Waals surface area contributed by atoms with E-state index in [1.165, 1.54) is 5.56 Å². The summed E-state index contributed by atoms with van der Waals surface area (Å²) in [5, 5.41) is 3.33. The van der Waals surface area contributed by atoms with Crippen molar-refractivity contribution in [3.8, 4) is 0 Å². The number of hydrogen-bond donors (Lipinski definition) is 1. The summed E-state index contributed by atoms with van der Waals surface area (Å²) in [4.78, 5) is 10.5. The Hall–Kier alpha value is -2.10. The Morgan fingerprint density at radius 3 is 2.63 bits per heavy atom. The normalized spacial score (nSPS) is 10.2. The van der Waals surface area contributed by atoms with Gasteiger partial charge in [-0.3, -0.25) is 0 Å². The average molecular weight is 256 g/mol. The fraction of sp³-hybridized carbons (Fsp3) is 0.333. The molecule has 0 spiro atoms. The van der Waals surface area contributed by atoms with E-state index in [1.807, 2.05) is 31.1 Å². The Balaban J connectivity index is 1.78. The Labute approximate surface area is 114 Å².